The van der Waals surface area contributed by atoms with E-state index in [1.165, 1.54) is 22.6 Å². The van der Waals surface area contributed by atoms with Gasteiger partial charge < -0.3 is 10.2 Å². The van der Waals surface area contributed by atoms with Crippen molar-refractivity contribution in [2.24, 2.45) is 5.92 Å². The minimum atomic E-state index is -5.74. The van der Waals surface area contributed by atoms with Crippen molar-refractivity contribution >= 4 is 28.4 Å². The Kier molecular flexibility index (Phi) is 5.23. The minimum absolute atomic E-state index is 0.890. The van der Waals surface area contributed by atoms with E-state index in [0.29, 0.717) is 0 Å². The molecule has 1 aliphatic rings. The highest BCUT2D eigenvalue weighted by atomic mass is 127. The Morgan fingerprint density at radius 1 is 1.00 bits per heavy atom. The zero-order valence-electron chi connectivity index (χ0n) is 12.3. The first-order valence-corrected chi connectivity index (χ1v) is 8.13. The Hall–Kier alpha value is -1.23. The second-order valence-corrected chi connectivity index (χ2v) is 6.26. The number of carbonyl (C=O) groups excluding carboxylic acids is 1. The maximum absolute atomic E-state index is 12.9. The number of aromatic nitrogens is 2. The molecular weight excluding hydrogens is 518 g/mol. The van der Waals surface area contributed by atoms with E-state index >= 15 is 0 Å². The summed E-state index contributed by atoms with van der Waals surface area (Å²) in [6.45, 7) is 0. The molecule has 3 atom stereocenters. The van der Waals surface area contributed by atoms with E-state index in [1.54, 1.807) is 0 Å². The van der Waals surface area contributed by atoms with Gasteiger partial charge in [-0.2, -0.15) is 39.5 Å². The molecule has 1 aliphatic carbocycles. The van der Waals surface area contributed by atoms with Gasteiger partial charge in [-0.1, -0.05) is 22.6 Å². The third kappa shape index (κ3) is 3.59. The molecule has 3 unspecified atom stereocenters. The zero-order chi connectivity index (χ0) is 21.2. The molecule has 1 aromatic heterocycles. The summed E-state index contributed by atoms with van der Waals surface area (Å²) in [6.07, 6.45) is -20.5. The van der Waals surface area contributed by atoms with Gasteiger partial charge in [0.05, 0.1) is 5.92 Å². The number of aliphatic hydroxyl groups excluding tert-OH is 1. The second kappa shape index (κ2) is 6.40. The van der Waals surface area contributed by atoms with Crippen LogP contribution >= 0.6 is 22.6 Å². The molecule has 2 N–H and O–H groups in total. The van der Waals surface area contributed by atoms with Crippen LogP contribution in [0.5, 0.6) is 0 Å². The van der Waals surface area contributed by atoms with Gasteiger partial charge >= 0.3 is 18.5 Å². The predicted octanol–water partition coefficient (Wildman–Crippen LogP) is 2.87. The van der Waals surface area contributed by atoms with Crippen LogP contribution in [0.15, 0.2) is 0 Å². The summed E-state index contributed by atoms with van der Waals surface area (Å²) in [7, 11) is 0. The lowest BCUT2D eigenvalue weighted by Gasteiger charge is -2.31. The van der Waals surface area contributed by atoms with Crippen molar-refractivity contribution in [1.29, 1.82) is 0 Å². The molecule has 0 aliphatic heterocycles. The number of halogens is 10. The SMILES string of the molecule is O=C1c2nc(C(F)(F)F)c(C(F)(F)F)nc2C(O)(CI)C1C(O)C(F)(F)F. The quantitative estimate of drug-likeness (QED) is 0.354. The number of nitrogens with zero attached hydrogens (tertiary/aromatic N) is 2. The minimum Gasteiger partial charge on any atom is -0.383 e. The summed E-state index contributed by atoms with van der Waals surface area (Å²) < 4.78 is 115. The third-order valence-electron chi connectivity index (χ3n) is 3.73. The van der Waals surface area contributed by atoms with Crippen LogP contribution in [0.3, 0.4) is 0 Å². The van der Waals surface area contributed by atoms with Crippen molar-refractivity contribution < 1.29 is 54.5 Å². The van der Waals surface area contributed by atoms with E-state index in [-0.39, 0.29) is 0 Å². The highest BCUT2D eigenvalue weighted by Crippen LogP contribution is 2.48. The fourth-order valence-corrected chi connectivity index (χ4v) is 3.39. The van der Waals surface area contributed by atoms with Crippen molar-refractivity contribution in [2.45, 2.75) is 30.2 Å². The molecule has 0 aromatic carbocycles. The fourth-order valence-electron chi connectivity index (χ4n) is 2.56. The molecule has 0 saturated heterocycles. The first kappa shape index (κ1) is 22.1. The van der Waals surface area contributed by atoms with Gasteiger partial charge in [0.2, 0.25) is 0 Å². The molecule has 0 spiro atoms. The van der Waals surface area contributed by atoms with Gasteiger partial charge in [-0.05, 0) is 0 Å². The number of carbonyl (C=O) groups is 1. The van der Waals surface area contributed by atoms with Gasteiger partial charge in [0.25, 0.3) is 0 Å². The molecule has 5 nitrogen and oxygen atoms in total. The molecule has 152 valence electrons. The average molecular weight is 524 g/mol. The standard InChI is InChI=1S/C12H6F9IN2O3/c13-10(14,15)6-7(11(16,17)18)24-5-3(23-6)4(25)2(9(5,27)1-22)8(26)12(19,20)21/h2,8,26-27H,1H2. The number of ketones is 1. The zero-order valence-corrected chi connectivity index (χ0v) is 14.5. The Bertz CT molecular complexity index is 777. The molecule has 1 heterocycles. The topological polar surface area (TPSA) is 83.3 Å². The number of hydrogen-bond acceptors (Lipinski definition) is 5. The third-order valence-corrected chi connectivity index (χ3v) is 4.89. The fraction of sp³-hybridized carbons (Fsp3) is 0.583. The van der Waals surface area contributed by atoms with Crippen LogP contribution in [0, 0.1) is 5.92 Å². The lowest BCUT2D eigenvalue weighted by molar-refractivity contribution is -0.229. The first-order chi connectivity index (χ1) is 12.0. The highest BCUT2D eigenvalue weighted by molar-refractivity contribution is 14.1. The highest BCUT2D eigenvalue weighted by Gasteiger charge is 2.63. The summed E-state index contributed by atoms with van der Waals surface area (Å²) in [5, 5.41) is 19.7. The predicted molar refractivity (Wildman–Crippen MR) is 74.7 cm³/mol. The lowest BCUT2D eigenvalue weighted by Crippen LogP contribution is -2.49. The molecule has 0 amide bonds. The maximum Gasteiger partial charge on any atom is 0.435 e. The Morgan fingerprint density at radius 3 is 1.81 bits per heavy atom. The summed E-state index contributed by atoms with van der Waals surface area (Å²) in [5.41, 5.74) is -11.3. The molecule has 0 saturated carbocycles. The van der Waals surface area contributed by atoms with Crippen molar-refractivity contribution in [2.75, 3.05) is 4.43 Å². The van der Waals surface area contributed by atoms with Crippen LogP contribution in [-0.2, 0) is 18.0 Å². The van der Waals surface area contributed by atoms with Gasteiger partial charge in [-0.15, -0.1) is 0 Å². The van der Waals surface area contributed by atoms with Gasteiger partial charge in [-0.25, -0.2) is 9.97 Å². The van der Waals surface area contributed by atoms with Crippen molar-refractivity contribution in [3.63, 3.8) is 0 Å². The monoisotopic (exact) mass is 524 g/mol. The molecule has 15 heteroatoms. The second-order valence-electron chi connectivity index (χ2n) is 5.50. The lowest BCUT2D eigenvalue weighted by atomic mass is 9.86. The molecule has 0 fully saturated rings. The number of alkyl halides is 10. The summed E-state index contributed by atoms with van der Waals surface area (Å²) in [4.78, 5) is 17.3. The molecule has 2 rings (SSSR count). The van der Waals surface area contributed by atoms with E-state index in [4.69, 9.17) is 0 Å². The van der Waals surface area contributed by atoms with Crippen LogP contribution in [0.25, 0.3) is 0 Å². The van der Waals surface area contributed by atoms with Gasteiger partial charge in [0.15, 0.2) is 23.3 Å². The smallest absolute Gasteiger partial charge is 0.383 e. The number of aliphatic hydroxyl groups is 2. The molecular formula is C12H6F9IN2O3. The summed E-state index contributed by atoms with van der Waals surface area (Å²) in [5.74, 6) is -4.73. The van der Waals surface area contributed by atoms with E-state index in [9.17, 15) is 54.5 Å². The number of fused-ring (bicyclic) bond motifs is 1. The van der Waals surface area contributed by atoms with Crippen molar-refractivity contribution in [3.05, 3.63) is 22.8 Å². The molecule has 27 heavy (non-hydrogen) atoms. The van der Waals surface area contributed by atoms with Crippen LogP contribution in [-0.4, -0.2) is 42.7 Å². The van der Waals surface area contributed by atoms with Gasteiger partial charge in [0, 0.05) is 4.43 Å². The maximum atomic E-state index is 12.9. The number of rotatable bonds is 2. The molecule has 0 bridgehead atoms. The molecule has 1 aromatic rings. The first-order valence-electron chi connectivity index (χ1n) is 6.60. The Balaban J connectivity index is 2.82. The molecule has 0 radical (unpaired) electrons. The van der Waals surface area contributed by atoms with Crippen molar-refractivity contribution in [3.8, 4) is 0 Å². The van der Waals surface area contributed by atoms with E-state index in [0.717, 1.165) is 0 Å². The van der Waals surface area contributed by atoms with E-state index < -0.39 is 69.1 Å². The number of hydrogen-bond donors (Lipinski definition) is 2. The van der Waals surface area contributed by atoms with Gasteiger partial charge in [-0.3, -0.25) is 4.79 Å². The normalized spacial score (nSPS) is 24.9. The van der Waals surface area contributed by atoms with Crippen LogP contribution < -0.4 is 0 Å². The summed E-state index contributed by atoms with van der Waals surface area (Å²) in [6, 6.07) is 0. The van der Waals surface area contributed by atoms with Gasteiger partial charge in [0.1, 0.15) is 17.0 Å². The van der Waals surface area contributed by atoms with Crippen molar-refractivity contribution in [1.82, 2.24) is 9.97 Å². The van der Waals surface area contributed by atoms with Crippen LogP contribution in [0.1, 0.15) is 27.6 Å². The Labute approximate surface area is 156 Å². The average Bonchev–Trinajstić information content (AvgIpc) is 2.71. The Morgan fingerprint density at radius 2 is 1.44 bits per heavy atom. The summed E-state index contributed by atoms with van der Waals surface area (Å²) >= 11 is 1.20. The van der Waals surface area contributed by atoms with Crippen LogP contribution in [0.4, 0.5) is 39.5 Å². The van der Waals surface area contributed by atoms with E-state index in [1.807, 2.05) is 0 Å². The van der Waals surface area contributed by atoms with Crippen LogP contribution in [0.2, 0.25) is 0 Å². The number of Topliss-reactive ketones (excluding diaryl/α,β-unsaturated/α-hetero) is 1. The van der Waals surface area contributed by atoms with E-state index in [2.05, 4.69) is 9.97 Å². The largest absolute Gasteiger partial charge is 0.435 e.